The average Bonchev–Trinajstić information content (AvgIpc) is 2.49. The molecule has 108 valence electrons. The lowest BCUT2D eigenvalue weighted by Gasteiger charge is -2.46. The molecule has 0 aliphatic carbocycles. The molecule has 2 aromatic carbocycles. The number of nitrogens with zero attached hydrogens (tertiary/aromatic N) is 1. The second-order valence-corrected chi connectivity index (χ2v) is 6.52. The van der Waals surface area contributed by atoms with Crippen molar-refractivity contribution in [3.63, 3.8) is 0 Å². The molecule has 1 aliphatic heterocycles. The summed E-state index contributed by atoms with van der Waals surface area (Å²) in [5, 5.41) is 3.39. The normalized spacial score (nSPS) is 19.6. The van der Waals surface area contributed by atoms with Crippen LogP contribution in [0, 0.1) is 5.41 Å². The first kappa shape index (κ1) is 14.1. The number of fused-ring (bicyclic) bond motifs is 1. The van der Waals surface area contributed by atoms with Crippen molar-refractivity contribution in [3.05, 3.63) is 60.2 Å². The highest BCUT2D eigenvalue weighted by Gasteiger charge is 2.42. The van der Waals surface area contributed by atoms with E-state index in [2.05, 4.69) is 73.6 Å². The van der Waals surface area contributed by atoms with Crippen LogP contribution in [-0.2, 0) is 0 Å². The number of rotatable bonds is 2. The minimum absolute atomic E-state index is 0.131. The van der Waals surface area contributed by atoms with Gasteiger partial charge < -0.3 is 10.2 Å². The molecule has 0 aromatic heterocycles. The zero-order valence-corrected chi connectivity index (χ0v) is 13.4. The van der Waals surface area contributed by atoms with E-state index in [1.807, 2.05) is 12.1 Å². The van der Waals surface area contributed by atoms with Crippen molar-refractivity contribution in [3.8, 4) is 0 Å². The molecule has 2 nitrogen and oxygen atoms in total. The van der Waals surface area contributed by atoms with E-state index < -0.39 is 0 Å². The Hall–Kier alpha value is -1.87. The highest BCUT2D eigenvalue weighted by molar-refractivity contribution is 7.80. The zero-order chi connectivity index (χ0) is 15.0. The Labute approximate surface area is 131 Å². The van der Waals surface area contributed by atoms with Crippen LogP contribution in [-0.4, -0.2) is 12.0 Å². The topological polar surface area (TPSA) is 15.3 Å². The predicted octanol–water partition coefficient (Wildman–Crippen LogP) is 4.64. The molecule has 0 spiro atoms. The Morgan fingerprint density at radius 2 is 1.62 bits per heavy atom. The summed E-state index contributed by atoms with van der Waals surface area (Å²) in [5.74, 6) is 0. The quantitative estimate of drug-likeness (QED) is 0.813. The van der Waals surface area contributed by atoms with Gasteiger partial charge in [0, 0.05) is 23.8 Å². The van der Waals surface area contributed by atoms with E-state index in [9.17, 15) is 0 Å². The summed E-state index contributed by atoms with van der Waals surface area (Å²) >= 11 is 5.63. The number of anilines is 2. The van der Waals surface area contributed by atoms with Gasteiger partial charge in [-0.05, 0) is 23.8 Å². The molecule has 1 N–H and O–H groups in total. The lowest BCUT2D eigenvalue weighted by molar-refractivity contribution is 0.399. The standard InChI is InChI=1S/C18H20N2S/c1-18(2)16(20(3)13-9-5-4-6-10-13)14-11-7-8-12-15(14)19-17(18)21/h4-12,16H,1-3H3,(H,19,21). The number of hydrogen-bond acceptors (Lipinski definition) is 2. The Morgan fingerprint density at radius 1 is 1.00 bits per heavy atom. The van der Waals surface area contributed by atoms with E-state index in [1.165, 1.54) is 11.3 Å². The fraction of sp³-hybridized carbons (Fsp3) is 0.278. The van der Waals surface area contributed by atoms with Gasteiger partial charge in [-0.15, -0.1) is 0 Å². The first-order valence-electron chi connectivity index (χ1n) is 7.20. The molecule has 0 amide bonds. The van der Waals surface area contributed by atoms with E-state index in [-0.39, 0.29) is 11.5 Å². The van der Waals surface area contributed by atoms with E-state index in [4.69, 9.17) is 12.2 Å². The molecule has 21 heavy (non-hydrogen) atoms. The van der Waals surface area contributed by atoms with Gasteiger partial charge in [0.1, 0.15) is 0 Å². The van der Waals surface area contributed by atoms with Gasteiger partial charge in [0.15, 0.2) is 0 Å². The summed E-state index contributed by atoms with van der Waals surface area (Å²) in [6.45, 7) is 4.42. The van der Waals surface area contributed by atoms with Gasteiger partial charge >= 0.3 is 0 Å². The number of thiocarbonyl (C=S) groups is 1. The number of benzene rings is 2. The third-order valence-corrected chi connectivity index (χ3v) is 4.95. The molecule has 1 heterocycles. The predicted molar refractivity (Wildman–Crippen MR) is 94.0 cm³/mol. The minimum atomic E-state index is -0.131. The van der Waals surface area contributed by atoms with Gasteiger partial charge in [0.25, 0.3) is 0 Å². The maximum absolute atomic E-state index is 5.63. The molecule has 3 rings (SSSR count). The fourth-order valence-electron chi connectivity index (χ4n) is 3.15. The summed E-state index contributed by atoms with van der Waals surface area (Å²) in [7, 11) is 2.15. The lowest BCUT2D eigenvalue weighted by Crippen LogP contribution is -2.46. The zero-order valence-electron chi connectivity index (χ0n) is 12.6. The van der Waals surface area contributed by atoms with Crippen molar-refractivity contribution in [2.45, 2.75) is 19.9 Å². The van der Waals surface area contributed by atoms with Gasteiger partial charge in [-0.1, -0.05) is 62.5 Å². The molecule has 0 bridgehead atoms. The number of para-hydroxylation sites is 2. The minimum Gasteiger partial charge on any atom is -0.366 e. The highest BCUT2D eigenvalue weighted by Crippen LogP contribution is 2.46. The first-order valence-corrected chi connectivity index (χ1v) is 7.61. The van der Waals surface area contributed by atoms with E-state index in [1.54, 1.807) is 0 Å². The van der Waals surface area contributed by atoms with E-state index >= 15 is 0 Å². The lowest BCUT2D eigenvalue weighted by atomic mass is 9.76. The van der Waals surface area contributed by atoms with Crippen molar-refractivity contribution in [1.29, 1.82) is 0 Å². The van der Waals surface area contributed by atoms with Crippen LogP contribution < -0.4 is 10.2 Å². The number of hydrogen-bond donors (Lipinski definition) is 1. The van der Waals surface area contributed by atoms with Crippen LogP contribution in [0.4, 0.5) is 11.4 Å². The third kappa shape index (κ3) is 2.32. The summed E-state index contributed by atoms with van der Waals surface area (Å²) < 4.78 is 0. The second kappa shape index (κ2) is 5.15. The molecule has 0 saturated heterocycles. The van der Waals surface area contributed by atoms with Crippen LogP contribution in [0.15, 0.2) is 54.6 Å². The highest BCUT2D eigenvalue weighted by atomic mass is 32.1. The van der Waals surface area contributed by atoms with Crippen LogP contribution in [0.5, 0.6) is 0 Å². The largest absolute Gasteiger partial charge is 0.366 e. The molecule has 0 radical (unpaired) electrons. The van der Waals surface area contributed by atoms with Crippen LogP contribution in [0.1, 0.15) is 25.5 Å². The molecule has 3 heteroatoms. The Balaban J connectivity index is 2.12. The van der Waals surface area contributed by atoms with Crippen LogP contribution >= 0.6 is 12.2 Å². The second-order valence-electron chi connectivity index (χ2n) is 6.11. The maximum Gasteiger partial charge on any atom is 0.0878 e. The smallest absolute Gasteiger partial charge is 0.0878 e. The van der Waals surface area contributed by atoms with Crippen LogP contribution in [0.3, 0.4) is 0 Å². The van der Waals surface area contributed by atoms with Gasteiger partial charge in [0.05, 0.1) is 11.0 Å². The summed E-state index contributed by atoms with van der Waals surface area (Å²) in [6, 6.07) is 19.1. The molecule has 0 saturated carbocycles. The number of nitrogens with one attached hydrogen (secondary N) is 1. The van der Waals surface area contributed by atoms with Crippen LogP contribution in [0.25, 0.3) is 0 Å². The monoisotopic (exact) mass is 296 g/mol. The molecule has 2 aromatic rings. The fourth-order valence-corrected chi connectivity index (χ4v) is 3.37. The maximum atomic E-state index is 5.63. The average molecular weight is 296 g/mol. The molecule has 1 aliphatic rings. The van der Waals surface area contributed by atoms with Crippen molar-refractivity contribution in [2.24, 2.45) is 5.41 Å². The Kier molecular flexibility index (Phi) is 3.46. The molecular formula is C18H20N2S. The van der Waals surface area contributed by atoms with Gasteiger partial charge in [0.2, 0.25) is 0 Å². The van der Waals surface area contributed by atoms with Gasteiger partial charge in [-0.2, -0.15) is 0 Å². The van der Waals surface area contributed by atoms with Crippen molar-refractivity contribution in [2.75, 3.05) is 17.3 Å². The van der Waals surface area contributed by atoms with Gasteiger partial charge in [-0.3, -0.25) is 0 Å². The van der Waals surface area contributed by atoms with Crippen LogP contribution in [0.2, 0.25) is 0 Å². The van der Waals surface area contributed by atoms with E-state index in [0.29, 0.717) is 0 Å². The summed E-state index contributed by atoms with van der Waals surface area (Å²) in [6.07, 6.45) is 0. The molecule has 1 atom stereocenters. The SMILES string of the molecule is CN(c1ccccc1)C1c2ccccc2NC(=S)C1(C)C. The van der Waals surface area contributed by atoms with Crippen molar-refractivity contribution < 1.29 is 0 Å². The van der Waals surface area contributed by atoms with E-state index in [0.717, 1.165) is 10.7 Å². The Bertz CT molecular complexity index is 664. The molecular weight excluding hydrogens is 276 g/mol. The summed E-state index contributed by atoms with van der Waals surface area (Å²) in [4.78, 5) is 3.22. The Morgan fingerprint density at radius 3 is 2.33 bits per heavy atom. The molecule has 1 unspecified atom stereocenters. The summed E-state index contributed by atoms with van der Waals surface area (Å²) in [5.41, 5.74) is 3.49. The van der Waals surface area contributed by atoms with Gasteiger partial charge in [-0.25, -0.2) is 0 Å². The molecule has 0 fully saturated rings. The first-order chi connectivity index (χ1) is 10.0. The van der Waals surface area contributed by atoms with Crippen molar-refractivity contribution in [1.82, 2.24) is 0 Å². The van der Waals surface area contributed by atoms with Crippen molar-refractivity contribution >= 4 is 28.6 Å². The third-order valence-electron chi connectivity index (χ3n) is 4.32.